The van der Waals surface area contributed by atoms with Gasteiger partial charge in [0, 0.05) is 62.0 Å². The molecule has 2 heterocycles. The lowest BCUT2D eigenvalue weighted by molar-refractivity contribution is 0.0253. The average Bonchev–Trinajstić information content (AvgIpc) is 2.51. The Hall–Kier alpha value is -0.810. The minimum Gasteiger partial charge on any atom is -0.381 e. The first kappa shape index (κ1) is 15.1. The molecule has 5 heteroatoms. The third-order valence-electron chi connectivity index (χ3n) is 4.59. The van der Waals surface area contributed by atoms with Crippen LogP contribution in [0, 0.1) is 5.92 Å². The molecular formula is C16H24ClN3O. The number of ether oxygens (including phenoxy) is 1. The van der Waals surface area contributed by atoms with E-state index in [0.717, 1.165) is 57.4 Å². The Morgan fingerprint density at radius 2 is 1.86 bits per heavy atom. The van der Waals surface area contributed by atoms with Crippen molar-refractivity contribution in [2.75, 3.05) is 50.8 Å². The molecule has 0 spiro atoms. The number of anilines is 1. The van der Waals surface area contributed by atoms with E-state index in [1.54, 1.807) is 0 Å². The van der Waals surface area contributed by atoms with Gasteiger partial charge in [-0.1, -0.05) is 11.6 Å². The van der Waals surface area contributed by atoms with Gasteiger partial charge in [0.1, 0.15) is 0 Å². The molecule has 0 saturated carbocycles. The molecule has 0 radical (unpaired) electrons. The normalized spacial score (nSPS) is 27.8. The van der Waals surface area contributed by atoms with E-state index in [1.165, 1.54) is 5.69 Å². The van der Waals surface area contributed by atoms with Gasteiger partial charge in [0.05, 0.1) is 6.61 Å². The molecule has 0 amide bonds. The van der Waals surface area contributed by atoms with Gasteiger partial charge >= 0.3 is 0 Å². The summed E-state index contributed by atoms with van der Waals surface area (Å²) in [5.41, 5.74) is 7.46. The first-order valence-corrected chi connectivity index (χ1v) is 8.16. The molecular weight excluding hydrogens is 286 g/mol. The highest BCUT2D eigenvalue weighted by Gasteiger charge is 2.26. The van der Waals surface area contributed by atoms with E-state index in [-0.39, 0.29) is 0 Å². The van der Waals surface area contributed by atoms with Crippen LogP contribution in [0.25, 0.3) is 0 Å². The molecule has 2 fully saturated rings. The van der Waals surface area contributed by atoms with E-state index in [4.69, 9.17) is 22.1 Å². The van der Waals surface area contributed by atoms with Crippen LogP contribution in [-0.4, -0.2) is 56.9 Å². The third kappa shape index (κ3) is 3.89. The second-order valence-corrected chi connectivity index (χ2v) is 6.49. The van der Waals surface area contributed by atoms with Gasteiger partial charge in [-0.15, -0.1) is 0 Å². The fraction of sp³-hybridized carbons (Fsp3) is 0.625. The summed E-state index contributed by atoms with van der Waals surface area (Å²) >= 11 is 5.95. The van der Waals surface area contributed by atoms with Gasteiger partial charge in [0.2, 0.25) is 0 Å². The van der Waals surface area contributed by atoms with Gasteiger partial charge in [0.15, 0.2) is 0 Å². The van der Waals surface area contributed by atoms with Crippen LogP contribution in [0.2, 0.25) is 5.02 Å². The lowest BCUT2D eigenvalue weighted by Crippen LogP contribution is -2.51. The minimum absolute atomic E-state index is 0.299. The summed E-state index contributed by atoms with van der Waals surface area (Å²) in [7, 11) is 0. The number of hydrogen-bond donors (Lipinski definition) is 1. The highest BCUT2D eigenvalue weighted by atomic mass is 35.5. The molecule has 2 unspecified atom stereocenters. The van der Waals surface area contributed by atoms with E-state index >= 15 is 0 Å². The highest BCUT2D eigenvalue weighted by molar-refractivity contribution is 6.30. The molecule has 0 aliphatic carbocycles. The molecule has 2 aliphatic rings. The standard InChI is InChI=1S/C16H24ClN3O/c17-14-1-3-15(4-2-14)20-8-6-19(7-9-20)11-13-12-21-10-5-16(13)18/h1-4,13,16H,5-12,18H2. The predicted molar refractivity (Wildman–Crippen MR) is 87.0 cm³/mol. The number of nitrogens with two attached hydrogens (primary N) is 1. The number of nitrogens with zero attached hydrogens (tertiary/aromatic N) is 2. The summed E-state index contributed by atoms with van der Waals surface area (Å²) < 4.78 is 5.57. The Morgan fingerprint density at radius 1 is 1.14 bits per heavy atom. The van der Waals surface area contributed by atoms with Crippen molar-refractivity contribution < 1.29 is 4.74 Å². The third-order valence-corrected chi connectivity index (χ3v) is 4.84. The van der Waals surface area contributed by atoms with Crippen molar-refractivity contribution in [3.05, 3.63) is 29.3 Å². The molecule has 0 aromatic heterocycles. The number of rotatable bonds is 3. The van der Waals surface area contributed by atoms with Gasteiger partial charge < -0.3 is 15.4 Å². The number of piperazine rings is 1. The Morgan fingerprint density at radius 3 is 2.52 bits per heavy atom. The quantitative estimate of drug-likeness (QED) is 0.925. The second kappa shape index (κ2) is 6.97. The number of benzene rings is 1. The van der Waals surface area contributed by atoms with Crippen LogP contribution in [-0.2, 0) is 4.74 Å². The van der Waals surface area contributed by atoms with Crippen LogP contribution in [0.5, 0.6) is 0 Å². The first-order valence-electron chi connectivity index (χ1n) is 7.78. The number of halogens is 1. The average molecular weight is 310 g/mol. The molecule has 21 heavy (non-hydrogen) atoms. The first-order chi connectivity index (χ1) is 10.2. The molecule has 0 bridgehead atoms. The van der Waals surface area contributed by atoms with E-state index < -0.39 is 0 Å². The summed E-state index contributed by atoms with van der Waals surface area (Å²) in [4.78, 5) is 4.94. The maximum Gasteiger partial charge on any atom is 0.0521 e. The summed E-state index contributed by atoms with van der Waals surface area (Å²) in [5, 5.41) is 0.795. The van der Waals surface area contributed by atoms with Crippen LogP contribution in [0.1, 0.15) is 6.42 Å². The molecule has 1 aromatic rings. The topological polar surface area (TPSA) is 41.7 Å². The Labute approximate surface area is 131 Å². The van der Waals surface area contributed by atoms with Crippen molar-refractivity contribution in [3.63, 3.8) is 0 Å². The summed E-state index contributed by atoms with van der Waals surface area (Å²) in [5.74, 6) is 0.487. The van der Waals surface area contributed by atoms with Crippen LogP contribution in [0.4, 0.5) is 5.69 Å². The molecule has 116 valence electrons. The zero-order valence-electron chi connectivity index (χ0n) is 12.4. The predicted octanol–water partition coefficient (Wildman–Crippen LogP) is 1.83. The van der Waals surface area contributed by atoms with Crippen LogP contribution in [0.15, 0.2) is 24.3 Å². The molecule has 4 nitrogen and oxygen atoms in total. The maximum absolute atomic E-state index is 6.20. The fourth-order valence-corrected chi connectivity index (χ4v) is 3.30. The Kier molecular flexibility index (Phi) is 5.01. The summed E-state index contributed by atoms with van der Waals surface area (Å²) in [6, 6.07) is 8.42. The largest absolute Gasteiger partial charge is 0.381 e. The second-order valence-electron chi connectivity index (χ2n) is 6.05. The van der Waals surface area contributed by atoms with Crippen LogP contribution < -0.4 is 10.6 Å². The molecule has 2 saturated heterocycles. The van der Waals surface area contributed by atoms with Crippen molar-refractivity contribution in [1.29, 1.82) is 0 Å². The lowest BCUT2D eigenvalue weighted by Gasteiger charge is -2.39. The van der Waals surface area contributed by atoms with Gasteiger partial charge in [-0.3, -0.25) is 4.90 Å². The van der Waals surface area contributed by atoms with Gasteiger partial charge in [-0.2, -0.15) is 0 Å². The van der Waals surface area contributed by atoms with Crippen LogP contribution >= 0.6 is 11.6 Å². The fourth-order valence-electron chi connectivity index (χ4n) is 3.17. The number of hydrogen-bond acceptors (Lipinski definition) is 4. The Balaban J connectivity index is 1.49. The van der Waals surface area contributed by atoms with E-state index in [9.17, 15) is 0 Å². The van der Waals surface area contributed by atoms with Crippen molar-refractivity contribution >= 4 is 17.3 Å². The molecule has 2 N–H and O–H groups in total. The lowest BCUT2D eigenvalue weighted by atomic mass is 9.96. The van der Waals surface area contributed by atoms with Crippen molar-refractivity contribution in [3.8, 4) is 0 Å². The SMILES string of the molecule is NC1CCOCC1CN1CCN(c2ccc(Cl)cc2)CC1. The monoisotopic (exact) mass is 309 g/mol. The molecule has 2 aliphatic heterocycles. The summed E-state index contributed by atoms with van der Waals surface area (Å²) in [6.07, 6.45) is 0.995. The zero-order chi connectivity index (χ0) is 14.7. The smallest absolute Gasteiger partial charge is 0.0521 e. The van der Waals surface area contributed by atoms with E-state index in [1.807, 2.05) is 12.1 Å². The zero-order valence-corrected chi connectivity index (χ0v) is 13.1. The van der Waals surface area contributed by atoms with Gasteiger partial charge in [-0.05, 0) is 30.7 Å². The van der Waals surface area contributed by atoms with Crippen molar-refractivity contribution in [1.82, 2.24) is 4.90 Å². The molecule has 2 atom stereocenters. The van der Waals surface area contributed by atoms with E-state index in [0.29, 0.717) is 12.0 Å². The highest BCUT2D eigenvalue weighted by Crippen LogP contribution is 2.20. The Bertz CT molecular complexity index is 445. The van der Waals surface area contributed by atoms with Crippen molar-refractivity contribution in [2.45, 2.75) is 12.5 Å². The molecule has 3 rings (SSSR count). The van der Waals surface area contributed by atoms with E-state index in [2.05, 4.69) is 21.9 Å². The van der Waals surface area contributed by atoms with Gasteiger partial charge in [-0.25, -0.2) is 0 Å². The summed E-state index contributed by atoms with van der Waals surface area (Å²) in [6.45, 7) is 7.00. The van der Waals surface area contributed by atoms with Crippen LogP contribution in [0.3, 0.4) is 0 Å². The van der Waals surface area contributed by atoms with Crippen molar-refractivity contribution in [2.24, 2.45) is 11.7 Å². The van der Waals surface area contributed by atoms with Gasteiger partial charge in [0.25, 0.3) is 0 Å². The maximum atomic E-state index is 6.20. The minimum atomic E-state index is 0.299. The molecule has 1 aromatic carbocycles.